The van der Waals surface area contributed by atoms with Gasteiger partial charge in [0.25, 0.3) is 0 Å². The normalized spacial score (nSPS) is 26.1. The summed E-state index contributed by atoms with van der Waals surface area (Å²) < 4.78 is 0. The highest BCUT2D eigenvalue weighted by Gasteiger charge is 2.57. The minimum atomic E-state index is 0.219. The summed E-state index contributed by atoms with van der Waals surface area (Å²) in [6, 6.07) is 9.08. The number of hydrogen-bond donors (Lipinski definition) is 1. The average Bonchev–Trinajstić information content (AvgIpc) is 2.78. The summed E-state index contributed by atoms with van der Waals surface area (Å²) in [5.74, 6) is 1.48. The maximum Gasteiger partial charge on any atom is 0.00966 e. The molecule has 0 spiro atoms. The minimum Gasteiger partial charge on any atom is -0.312 e. The Bertz CT molecular complexity index is 408. The smallest absolute Gasteiger partial charge is 0.00966 e. The lowest BCUT2D eigenvalue weighted by atomic mass is 10.0. The second kappa shape index (κ2) is 4.38. The summed E-state index contributed by atoms with van der Waals surface area (Å²) in [6.45, 7) is 14.8. The van der Waals surface area contributed by atoms with E-state index >= 15 is 0 Å². The van der Waals surface area contributed by atoms with Crippen LogP contribution in [0.5, 0.6) is 0 Å². The van der Waals surface area contributed by atoms with Crippen molar-refractivity contribution >= 4 is 0 Å². The molecule has 2 rings (SSSR count). The molecule has 1 aliphatic rings. The molecule has 2 unspecified atom stereocenters. The van der Waals surface area contributed by atoms with Crippen molar-refractivity contribution in [3.05, 3.63) is 35.4 Å². The molecule has 0 aliphatic heterocycles. The van der Waals surface area contributed by atoms with Gasteiger partial charge < -0.3 is 5.32 Å². The predicted octanol–water partition coefficient (Wildman–Crippen LogP) is 4.12. The number of rotatable bonds is 3. The van der Waals surface area contributed by atoms with Gasteiger partial charge in [-0.3, -0.25) is 0 Å². The molecule has 18 heavy (non-hydrogen) atoms. The third kappa shape index (κ3) is 2.77. The van der Waals surface area contributed by atoms with Crippen molar-refractivity contribution < 1.29 is 0 Å². The largest absolute Gasteiger partial charge is 0.312 e. The molecule has 0 bridgehead atoms. The van der Waals surface area contributed by atoms with Gasteiger partial charge in [-0.25, -0.2) is 0 Å². The quantitative estimate of drug-likeness (QED) is 0.844. The number of nitrogens with one attached hydrogen (secondary N) is 1. The van der Waals surface area contributed by atoms with E-state index in [0.717, 1.165) is 12.5 Å². The van der Waals surface area contributed by atoms with Gasteiger partial charge in [-0.05, 0) is 57.1 Å². The average molecular weight is 245 g/mol. The maximum absolute atomic E-state index is 3.65. The standard InChI is InChI=1S/C17H27N/c1-12-7-9-13(10-8-12)15-14(17(15,5)6)11-18-16(2,3)4/h7-10,14-15,18H,11H2,1-6H3. The topological polar surface area (TPSA) is 12.0 Å². The monoisotopic (exact) mass is 245 g/mol. The van der Waals surface area contributed by atoms with Crippen LogP contribution in [0.2, 0.25) is 0 Å². The molecular weight excluding hydrogens is 218 g/mol. The zero-order valence-electron chi connectivity index (χ0n) is 12.7. The third-order valence-electron chi connectivity index (χ3n) is 4.34. The third-order valence-corrected chi connectivity index (χ3v) is 4.34. The van der Waals surface area contributed by atoms with Gasteiger partial charge in [0.05, 0.1) is 0 Å². The van der Waals surface area contributed by atoms with Gasteiger partial charge in [0.2, 0.25) is 0 Å². The molecule has 2 atom stereocenters. The fourth-order valence-electron chi connectivity index (χ4n) is 2.98. The van der Waals surface area contributed by atoms with E-state index in [1.807, 2.05) is 0 Å². The number of hydrogen-bond acceptors (Lipinski definition) is 1. The van der Waals surface area contributed by atoms with Crippen LogP contribution in [0.15, 0.2) is 24.3 Å². The zero-order valence-corrected chi connectivity index (χ0v) is 12.7. The van der Waals surface area contributed by atoms with Crippen molar-refractivity contribution in [1.29, 1.82) is 0 Å². The lowest BCUT2D eigenvalue weighted by Gasteiger charge is -2.21. The molecule has 1 nitrogen and oxygen atoms in total. The molecule has 1 aromatic carbocycles. The molecule has 0 heterocycles. The molecule has 0 saturated heterocycles. The molecule has 0 aromatic heterocycles. The second-order valence-corrected chi connectivity index (χ2v) is 7.45. The molecule has 1 aliphatic carbocycles. The van der Waals surface area contributed by atoms with Crippen LogP contribution in [-0.2, 0) is 0 Å². The molecule has 100 valence electrons. The molecule has 1 fully saturated rings. The maximum atomic E-state index is 3.65. The molecule has 0 radical (unpaired) electrons. The first kappa shape index (κ1) is 13.6. The Morgan fingerprint density at radius 1 is 1.11 bits per heavy atom. The Kier molecular flexibility index (Phi) is 3.31. The van der Waals surface area contributed by atoms with Gasteiger partial charge >= 0.3 is 0 Å². The fraction of sp³-hybridized carbons (Fsp3) is 0.647. The predicted molar refractivity (Wildman–Crippen MR) is 78.9 cm³/mol. The SMILES string of the molecule is Cc1ccc(C2C(CNC(C)(C)C)C2(C)C)cc1. The van der Waals surface area contributed by atoms with E-state index in [0.29, 0.717) is 11.3 Å². The zero-order chi connectivity index (χ0) is 13.6. The van der Waals surface area contributed by atoms with Crippen molar-refractivity contribution in [3.8, 4) is 0 Å². The van der Waals surface area contributed by atoms with E-state index in [4.69, 9.17) is 0 Å². The van der Waals surface area contributed by atoms with Gasteiger partial charge in [0, 0.05) is 5.54 Å². The number of benzene rings is 1. The van der Waals surface area contributed by atoms with Crippen LogP contribution < -0.4 is 5.32 Å². The molecular formula is C17H27N. The Morgan fingerprint density at radius 3 is 2.17 bits per heavy atom. The lowest BCUT2D eigenvalue weighted by Crippen LogP contribution is -2.37. The van der Waals surface area contributed by atoms with Crippen molar-refractivity contribution in [1.82, 2.24) is 5.32 Å². The Labute approximate surface area is 112 Å². The van der Waals surface area contributed by atoms with E-state index in [9.17, 15) is 0 Å². The van der Waals surface area contributed by atoms with Crippen LogP contribution in [-0.4, -0.2) is 12.1 Å². The van der Waals surface area contributed by atoms with Gasteiger partial charge in [0.15, 0.2) is 0 Å². The van der Waals surface area contributed by atoms with Crippen molar-refractivity contribution in [2.24, 2.45) is 11.3 Å². The van der Waals surface area contributed by atoms with Gasteiger partial charge in [0.1, 0.15) is 0 Å². The van der Waals surface area contributed by atoms with E-state index in [1.165, 1.54) is 11.1 Å². The highest BCUT2D eigenvalue weighted by Crippen LogP contribution is 2.64. The summed E-state index contributed by atoms with van der Waals surface area (Å²) in [4.78, 5) is 0. The van der Waals surface area contributed by atoms with Crippen molar-refractivity contribution in [2.75, 3.05) is 6.54 Å². The van der Waals surface area contributed by atoms with Crippen LogP contribution in [0.1, 0.15) is 51.7 Å². The van der Waals surface area contributed by atoms with Gasteiger partial charge in [-0.1, -0.05) is 43.7 Å². The minimum absolute atomic E-state index is 0.219. The fourth-order valence-corrected chi connectivity index (χ4v) is 2.98. The van der Waals surface area contributed by atoms with Crippen molar-refractivity contribution in [2.45, 2.75) is 53.0 Å². The molecule has 0 amide bonds. The summed E-state index contributed by atoms with van der Waals surface area (Å²) in [5, 5.41) is 3.65. The van der Waals surface area contributed by atoms with E-state index in [2.05, 4.69) is 71.1 Å². The summed E-state index contributed by atoms with van der Waals surface area (Å²) >= 11 is 0. The van der Waals surface area contributed by atoms with E-state index in [1.54, 1.807) is 0 Å². The summed E-state index contributed by atoms with van der Waals surface area (Å²) in [7, 11) is 0. The first-order chi connectivity index (χ1) is 8.22. The Balaban J connectivity index is 2.04. The van der Waals surface area contributed by atoms with Crippen LogP contribution in [0, 0.1) is 18.3 Å². The Hall–Kier alpha value is -0.820. The van der Waals surface area contributed by atoms with Crippen LogP contribution in [0.4, 0.5) is 0 Å². The van der Waals surface area contributed by atoms with Crippen LogP contribution in [0.25, 0.3) is 0 Å². The first-order valence-corrected chi connectivity index (χ1v) is 7.03. The van der Waals surface area contributed by atoms with Crippen molar-refractivity contribution in [3.63, 3.8) is 0 Å². The molecule has 1 N–H and O–H groups in total. The molecule has 1 aromatic rings. The van der Waals surface area contributed by atoms with Crippen LogP contribution in [0.3, 0.4) is 0 Å². The van der Waals surface area contributed by atoms with Gasteiger partial charge in [-0.2, -0.15) is 0 Å². The lowest BCUT2D eigenvalue weighted by molar-refractivity contribution is 0.396. The summed E-state index contributed by atoms with van der Waals surface area (Å²) in [6.07, 6.45) is 0. The van der Waals surface area contributed by atoms with Gasteiger partial charge in [-0.15, -0.1) is 0 Å². The van der Waals surface area contributed by atoms with E-state index in [-0.39, 0.29) is 5.54 Å². The van der Waals surface area contributed by atoms with E-state index < -0.39 is 0 Å². The highest BCUT2D eigenvalue weighted by atomic mass is 15.0. The number of aryl methyl sites for hydroxylation is 1. The molecule has 1 saturated carbocycles. The first-order valence-electron chi connectivity index (χ1n) is 7.03. The Morgan fingerprint density at radius 2 is 1.67 bits per heavy atom. The highest BCUT2D eigenvalue weighted by molar-refractivity contribution is 5.33. The summed E-state index contributed by atoms with van der Waals surface area (Å²) in [5.41, 5.74) is 3.51. The second-order valence-electron chi connectivity index (χ2n) is 7.45. The van der Waals surface area contributed by atoms with Crippen LogP contribution >= 0.6 is 0 Å². The molecule has 1 heteroatoms.